The number of anilines is 1. The lowest BCUT2D eigenvalue weighted by molar-refractivity contribution is 0.820. The van der Waals surface area contributed by atoms with E-state index < -0.39 is 0 Å². The maximum absolute atomic E-state index is 11.9. The maximum atomic E-state index is 11.9. The third kappa shape index (κ3) is 1.32. The Balaban J connectivity index is 2.43. The number of rotatable bonds is 0. The molecule has 82 valence electrons. The highest BCUT2D eigenvalue weighted by molar-refractivity contribution is 5.93. The van der Waals surface area contributed by atoms with Crippen LogP contribution in [0.25, 0.3) is 10.9 Å². The summed E-state index contributed by atoms with van der Waals surface area (Å²) < 4.78 is 0. The Morgan fingerprint density at radius 2 is 2.19 bits per heavy atom. The van der Waals surface area contributed by atoms with Crippen LogP contribution in [0.1, 0.15) is 17.5 Å². The van der Waals surface area contributed by atoms with Gasteiger partial charge >= 0.3 is 0 Å². The topological polar surface area (TPSA) is 44.9 Å². The summed E-state index contributed by atoms with van der Waals surface area (Å²) in [6.07, 6.45) is 1.91. The number of hydrogen-bond donors (Lipinski definition) is 2. The van der Waals surface area contributed by atoms with Gasteiger partial charge in [0.25, 0.3) is 5.56 Å². The maximum Gasteiger partial charge on any atom is 0.253 e. The standard InChI is InChI=1S/C13H14N2O/c1-8-4-5-11-10(7-8)12-9(13(16)15-11)3-2-6-14-12/h4-5,7,14H,2-3,6H2,1H3,(H,15,16). The van der Waals surface area contributed by atoms with Gasteiger partial charge in [-0.3, -0.25) is 4.79 Å². The highest BCUT2D eigenvalue weighted by Gasteiger charge is 2.15. The molecule has 0 aliphatic carbocycles. The van der Waals surface area contributed by atoms with Crippen molar-refractivity contribution in [3.63, 3.8) is 0 Å². The van der Waals surface area contributed by atoms with Crippen molar-refractivity contribution >= 4 is 16.6 Å². The molecule has 0 spiro atoms. The lowest BCUT2D eigenvalue weighted by Gasteiger charge is -2.19. The van der Waals surface area contributed by atoms with Crippen LogP contribution >= 0.6 is 0 Å². The van der Waals surface area contributed by atoms with Crippen LogP contribution < -0.4 is 10.9 Å². The summed E-state index contributed by atoms with van der Waals surface area (Å²) in [4.78, 5) is 14.8. The Labute approximate surface area is 93.5 Å². The average Bonchev–Trinajstić information content (AvgIpc) is 2.31. The molecule has 0 atom stereocenters. The molecule has 3 rings (SSSR count). The van der Waals surface area contributed by atoms with E-state index in [2.05, 4.69) is 23.3 Å². The predicted octanol–water partition coefficient (Wildman–Crippen LogP) is 2.19. The second-order valence-electron chi connectivity index (χ2n) is 4.39. The molecule has 0 radical (unpaired) electrons. The van der Waals surface area contributed by atoms with E-state index in [4.69, 9.17) is 0 Å². The number of aromatic nitrogens is 1. The minimum Gasteiger partial charge on any atom is -0.384 e. The second-order valence-corrected chi connectivity index (χ2v) is 4.39. The Morgan fingerprint density at radius 3 is 3.06 bits per heavy atom. The van der Waals surface area contributed by atoms with Gasteiger partial charge in [0, 0.05) is 17.5 Å². The van der Waals surface area contributed by atoms with Gasteiger partial charge in [-0.15, -0.1) is 0 Å². The SMILES string of the molecule is Cc1ccc2[nH]c(=O)c3c(c2c1)NCCC3. The molecule has 3 nitrogen and oxygen atoms in total. The highest BCUT2D eigenvalue weighted by atomic mass is 16.1. The highest BCUT2D eigenvalue weighted by Crippen LogP contribution is 2.27. The molecule has 0 unspecified atom stereocenters. The average molecular weight is 214 g/mol. The fraction of sp³-hybridized carbons (Fsp3) is 0.308. The van der Waals surface area contributed by atoms with Crippen molar-refractivity contribution in [1.82, 2.24) is 4.98 Å². The van der Waals surface area contributed by atoms with Gasteiger partial charge < -0.3 is 10.3 Å². The molecular formula is C13H14N2O. The van der Waals surface area contributed by atoms with Crippen LogP contribution in [-0.2, 0) is 6.42 Å². The third-order valence-corrected chi connectivity index (χ3v) is 3.17. The number of H-pyrrole nitrogens is 1. The largest absolute Gasteiger partial charge is 0.384 e. The first-order chi connectivity index (χ1) is 7.75. The van der Waals surface area contributed by atoms with Crippen LogP contribution in [-0.4, -0.2) is 11.5 Å². The first-order valence-electron chi connectivity index (χ1n) is 5.65. The van der Waals surface area contributed by atoms with Gasteiger partial charge in [-0.2, -0.15) is 0 Å². The smallest absolute Gasteiger partial charge is 0.253 e. The third-order valence-electron chi connectivity index (χ3n) is 3.17. The molecule has 0 saturated carbocycles. The van der Waals surface area contributed by atoms with E-state index in [-0.39, 0.29) is 5.56 Å². The Hall–Kier alpha value is -1.77. The molecule has 0 amide bonds. The quantitative estimate of drug-likeness (QED) is 0.706. The lowest BCUT2D eigenvalue weighted by atomic mass is 10.0. The van der Waals surface area contributed by atoms with E-state index in [9.17, 15) is 4.79 Å². The van der Waals surface area contributed by atoms with Gasteiger partial charge in [0.05, 0.1) is 11.2 Å². The number of benzene rings is 1. The molecule has 2 heterocycles. The first kappa shape index (κ1) is 9.46. The van der Waals surface area contributed by atoms with E-state index in [0.717, 1.165) is 41.5 Å². The van der Waals surface area contributed by atoms with Crippen LogP contribution in [0.4, 0.5) is 5.69 Å². The number of nitrogens with one attached hydrogen (secondary N) is 2. The van der Waals surface area contributed by atoms with E-state index >= 15 is 0 Å². The Kier molecular flexibility index (Phi) is 1.99. The zero-order valence-electron chi connectivity index (χ0n) is 9.26. The minimum absolute atomic E-state index is 0.0542. The van der Waals surface area contributed by atoms with E-state index in [0.29, 0.717) is 0 Å². The lowest BCUT2D eigenvalue weighted by Crippen LogP contribution is -2.22. The molecule has 1 aliphatic rings. The van der Waals surface area contributed by atoms with Crippen LogP contribution in [0.2, 0.25) is 0 Å². The summed E-state index contributed by atoms with van der Waals surface area (Å²) in [6.45, 7) is 3.03. The van der Waals surface area contributed by atoms with Gasteiger partial charge in [-0.25, -0.2) is 0 Å². The van der Waals surface area contributed by atoms with Crippen molar-refractivity contribution in [2.24, 2.45) is 0 Å². The van der Waals surface area contributed by atoms with Gasteiger partial charge in [0.1, 0.15) is 0 Å². The van der Waals surface area contributed by atoms with Crippen molar-refractivity contribution in [2.75, 3.05) is 11.9 Å². The zero-order chi connectivity index (χ0) is 11.1. The van der Waals surface area contributed by atoms with Crippen molar-refractivity contribution in [1.29, 1.82) is 0 Å². The molecule has 0 bridgehead atoms. The molecule has 1 aromatic heterocycles. The summed E-state index contributed by atoms with van der Waals surface area (Å²) in [5.74, 6) is 0. The summed E-state index contributed by atoms with van der Waals surface area (Å²) in [6, 6.07) is 6.12. The van der Waals surface area contributed by atoms with Crippen LogP contribution in [0.15, 0.2) is 23.0 Å². The van der Waals surface area contributed by atoms with Gasteiger partial charge in [0.15, 0.2) is 0 Å². The zero-order valence-corrected chi connectivity index (χ0v) is 9.26. The molecule has 1 aliphatic heterocycles. The van der Waals surface area contributed by atoms with Gasteiger partial charge in [-0.1, -0.05) is 11.6 Å². The van der Waals surface area contributed by atoms with E-state index in [1.54, 1.807) is 0 Å². The van der Waals surface area contributed by atoms with Crippen molar-refractivity contribution < 1.29 is 0 Å². The molecule has 1 aromatic carbocycles. The molecular weight excluding hydrogens is 200 g/mol. The summed E-state index contributed by atoms with van der Waals surface area (Å²) in [5.41, 5.74) is 4.13. The molecule has 0 saturated heterocycles. The van der Waals surface area contributed by atoms with Crippen LogP contribution in [0.5, 0.6) is 0 Å². The second kappa shape index (κ2) is 3.37. The van der Waals surface area contributed by atoms with Crippen molar-refractivity contribution in [2.45, 2.75) is 19.8 Å². The fourth-order valence-corrected chi connectivity index (χ4v) is 2.37. The summed E-state index contributed by atoms with van der Waals surface area (Å²) in [7, 11) is 0. The molecule has 2 N–H and O–H groups in total. The van der Waals surface area contributed by atoms with Gasteiger partial charge in [-0.05, 0) is 31.9 Å². The normalized spacial score (nSPS) is 14.6. The van der Waals surface area contributed by atoms with Crippen LogP contribution in [0.3, 0.4) is 0 Å². The monoisotopic (exact) mass is 214 g/mol. The van der Waals surface area contributed by atoms with E-state index in [1.165, 1.54) is 5.56 Å². The van der Waals surface area contributed by atoms with E-state index in [1.807, 2.05) is 12.1 Å². The number of pyridine rings is 1. The number of aromatic amines is 1. The molecule has 0 fully saturated rings. The van der Waals surface area contributed by atoms with Crippen molar-refractivity contribution in [3.05, 3.63) is 39.7 Å². The summed E-state index contributed by atoms with van der Waals surface area (Å²) >= 11 is 0. The number of aryl methyl sites for hydroxylation is 1. The molecule has 2 aromatic rings. The Morgan fingerprint density at radius 1 is 1.31 bits per heavy atom. The number of hydrogen-bond acceptors (Lipinski definition) is 2. The molecule has 16 heavy (non-hydrogen) atoms. The number of fused-ring (bicyclic) bond motifs is 3. The van der Waals surface area contributed by atoms with Crippen molar-refractivity contribution in [3.8, 4) is 0 Å². The minimum atomic E-state index is 0.0542. The first-order valence-corrected chi connectivity index (χ1v) is 5.65. The van der Waals surface area contributed by atoms with Gasteiger partial charge in [0.2, 0.25) is 0 Å². The van der Waals surface area contributed by atoms with Crippen LogP contribution in [0, 0.1) is 6.92 Å². The predicted molar refractivity (Wildman–Crippen MR) is 66.1 cm³/mol. The molecule has 3 heteroatoms. The summed E-state index contributed by atoms with van der Waals surface area (Å²) in [5, 5.41) is 4.49. The fourth-order valence-electron chi connectivity index (χ4n) is 2.37. The Bertz CT molecular complexity index is 613.